The molecule has 4 heteroatoms. The Kier molecular flexibility index (Phi) is 3.07. The van der Waals surface area contributed by atoms with E-state index in [4.69, 9.17) is 0 Å². The van der Waals surface area contributed by atoms with E-state index in [1.807, 2.05) is 6.07 Å². The highest BCUT2D eigenvalue weighted by atomic mass is 16.7. The van der Waals surface area contributed by atoms with Crippen LogP contribution in [-0.4, -0.2) is 11.5 Å². The van der Waals surface area contributed by atoms with Gasteiger partial charge in [0.25, 0.3) is 0 Å². The molecule has 1 aromatic rings. The Morgan fingerprint density at radius 3 is 2.67 bits per heavy atom. The van der Waals surface area contributed by atoms with Gasteiger partial charge in [-0.2, -0.15) is 0 Å². The predicted octanol–water partition coefficient (Wildman–Crippen LogP) is 2.23. The second kappa shape index (κ2) is 4.33. The molecule has 12 heavy (non-hydrogen) atoms. The summed E-state index contributed by atoms with van der Waals surface area (Å²) in [5.74, 6) is 0. The Bertz CT molecular complexity index is 259. The monoisotopic (exact) mass is 166 g/mol. The van der Waals surface area contributed by atoms with Gasteiger partial charge in [-0.05, 0) is 11.8 Å². The lowest BCUT2D eigenvalue weighted by Gasteiger charge is -1.96. The number of nitrogens with zero attached hydrogens (tertiary/aromatic N) is 2. The Morgan fingerprint density at radius 1 is 1.42 bits per heavy atom. The van der Waals surface area contributed by atoms with Gasteiger partial charge in [0.2, 0.25) is 11.0 Å². The average molecular weight is 166 g/mol. The van der Waals surface area contributed by atoms with Crippen molar-refractivity contribution in [2.45, 2.75) is 6.92 Å². The topological polar surface area (TPSA) is 47.7 Å². The summed E-state index contributed by atoms with van der Waals surface area (Å²) in [5.41, 5.74) is 0.464. The molecule has 0 heterocycles. The van der Waals surface area contributed by atoms with E-state index in [-0.39, 0.29) is 0 Å². The lowest BCUT2D eigenvalue weighted by molar-refractivity contribution is -0.478. The number of hydrogen-bond donors (Lipinski definition) is 0. The first-order valence-electron chi connectivity index (χ1n) is 3.70. The molecule has 0 amide bonds. The molecule has 1 rings (SSSR count). The van der Waals surface area contributed by atoms with Crippen LogP contribution >= 0.6 is 0 Å². The standard InChI is InChI=1S/C8H10N2O2/c1-2-12-9-10(11)8-6-4-3-5-7-8/h3-7H,2H2,1H3/b10-9-. The van der Waals surface area contributed by atoms with Crippen molar-refractivity contribution in [3.8, 4) is 0 Å². The summed E-state index contributed by atoms with van der Waals surface area (Å²) in [4.78, 5) is 5.04. The molecule has 0 bridgehead atoms. The van der Waals surface area contributed by atoms with Gasteiger partial charge in [-0.1, -0.05) is 18.2 Å². The van der Waals surface area contributed by atoms with Crippen molar-refractivity contribution in [2.24, 2.45) is 5.28 Å². The summed E-state index contributed by atoms with van der Waals surface area (Å²) in [5, 5.41) is 14.3. The minimum Gasteiger partial charge on any atom is -0.592 e. The first-order valence-corrected chi connectivity index (χ1v) is 3.70. The predicted molar refractivity (Wildman–Crippen MR) is 43.8 cm³/mol. The summed E-state index contributed by atoms with van der Waals surface area (Å²) in [6.45, 7) is 2.16. The molecule has 0 aliphatic carbocycles. The molecule has 0 spiro atoms. The van der Waals surface area contributed by atoms with Gasteiger partial charge in [-0.3, -0.25) is 0 Å². The van der Waals surface area contributed by atoms with E-state index in [9.17, 15) is 5.21 Å². The fourth-order valence-electron chi connectivity index (χ4n) is 0.713. The molecule has 0 aromatic heterocycles. The van der Waals surface area contributed by atoms with Crippen LogP contribution in [0, 0.1) is 5.21 Å². The van der Waals surface area contributed by atoms with Gasteiger partial charge in [-0.25, -0.2) is 0 Å². The van der Waals surface area contributed by atoms with Crippen LogP contribution < -0.4 is 0 Å². The lowest BCUT2D eigenvalue weighted by atomic mass is 10.3. The Morgan fingerprint density at radius 2 is 2.08 bits per heavy atom. The fraction of sp³-hybridized carbons (Fsp3) is 0.250. The lowest BCUT2D eigenvalue weighted by Crippen LogP contribution is -1.92. The third-order valence-corrected chi connectivity index (χ3v) is 1.24. The Hall–Kier alpha value is -1.58. The molecule has 1 aromatic carbocycles. The van der Waals surface area contributed by atoms with Crippen LogP contribution in [0.15, 0.2) is 35.6 Å². The van der Waals surface area contributed by atoms with Gasteiger partial charge in [0.1, 0.15) is 6.61 Å². The Labute approximate surface area is 70.6 Å². The maximum atomic E-state index is 11.0. The molecule has 0 saturated heterocycles. The molecule has 0 unspecified atom stereocenters. The number of hydrogen-bond acceptors (Lipinski definition) is 3. The smallest absolute Gasteiger partial charge is 0.248 e. The maximum absolute atomic E-state index is 11.0. The summed E-state index contributed by atoms with van der Waals surface area (Å²) >= 11 is 0. The van der Waals surface area contributed by atoms with Crippen LogP contribution in [0.2, 0.25) is 0 Å². The van der Waals surface area contributed by atoms with Crippen molar-refractivity contribution >= 4 is 5.69 Å². The minimum absolute atomic E-state index is 0.394. The third kappa shape index (κ3) is 2.23. The van der Waals surface area contributed by atoms with E-state index in [1.165, 1.54) is 0 Å². The molecule has 0 N–H and O–H groups in total. The molecule has 0 aliphatic rings. The second-order valence-electron chi connectivity index (χ2n) is 2.11. The second-order valence-corrected chi connectivity index (χ2v) is 2.11. The van der Waals surface area contributed by atoms with E-state index in [2.05, 4.69) is 10.1 Å². The van der Waals surface area contributed by atoms with Crippen LogP contribution in [-0.2, 0) is 4.84 Å². The summed E-state index contributed by atoms with van der Waals surface area (Å²) < 4.78 is 0. The van der Waals surface area contributed by atoms with Crippen LogP contribution in [0.4, 0.5) is 5.69 Å². The fourth-order valence-corrected chi connectivity index (χ4v) is 0.713. The Balaban J connectivity index is 2.71. The van der Waals surface area contributed by atoms with Crippen molar-refractivity contribution in [3.05, 3.63) is 35.5 Å². The molecule has 64 valence electrons. The molecule has 4 nitrogen and oxygen atoms in total. The zero-order chi connectivity index (χ0) is 8.81. The van der Waals surface area contributed by atoms with E-state index >= 15 is 0 Å². The van der Waals surface area contributed by atoms with Gasteiger partial charge < -0.3 is 10.0 Å². The largest absolute Gasteiger partial charge is 0.592 e. The van der Waals surface area contributed by atoms with Crippen LogP contribution in [0.25, 0.3) is 0 Å². The van der Waals surface area contributed by atoms with E-state index < -0.39 is 0 Å². The number of rotatable bonds is 3. The van der Waals surface area contributed by atoms with Crippen molar-refractivity contribution in [3.63, 3.8) is 0 Å². The van der Waals surface area contributed by atoms with Crippen molar-refractivity contribution in [2.75, 3.05) is 6.61 Å². The first-order chi connectivity index (χ1) is 5.84. The molecular weight excluding hydrogens is 156 g/mol. The molecule has 0 atom stereocenters. The van der Waals surface area contributed by atoms with Crippen molar-refractivity contribution in [1.29, 1.82) is 0 Å². The van der Waals surface area contributed by atoms with Crippen LogP contribution in [0.5, 0.6) is 0 Å². The minimum atomic E-state index is 0.394. The summed E-state index contributed by atoms with van der Waals surface area (Å²) in [6, 6.07) is 8.69. The highest BCUT2D eigenvalue weighted by Crippen LogP contribution is 2.09. The highest BCUT2D eigenvalue weighted by Gasteiger charge is 1.99. The van der Waals surface area contributed by atoms with E-state index in [0.29, 0.717) is 17.2 Å². The van der Waals surface area contributed by atoms with Gasteiger partial charge in [-0.15, -0.1) is 0 Å². The summed E-state index contributed by atoms with van der Waals surface area (Å²) in [6.07, 6.45) is 0. The maximum Gasteiger partial charge on any atom is 0.248 e. The van der Waals surface area contributed by atoms with Gasteiger partial charge in [0.05, 0.1) is 0 Å². The average Bonchev–Trinajstić information content (AvgIpc) is 2.15. The SMILES string of the molecule is CCO/N=[N+](\[O-])c1ccccc1. The molecular formula is C8H10N2O2. The van der Waals surface area contributed by atoms with Crippen molar-refractivity contribution < 1.29 is 9.70 Å². The molecule has 0 fully saturated rings. The van der Waals surface area contributed by atoms with Gasteiger partial charge >= 0.3 is 0 Å². The number of benzene rings is 1. The third-order valence-electron chi connectivity index (χ3n) is 1.24. The zero-order valence-corrected chi connectivity index (χ0v) is 6.80. The normalized spacial score (nSPS) is 11.2. The highest BCUT2D eigenvalue weighted by molar-refractivity contribution is 5.27. The quantitative estimate of drug-likeness (QED) is 0.392. The van der Waals surface area contributed by atoms with Crippen molar-refractivity contribution in [1.82, 2.24) is 0 Å². The zero-order valence-electron chi connectivity index (χ0n) is 6.80. The van der Waals surface area contributed by atoms with E-state index in [0.717, 1.165) is 0 Å². The number of para-hydroxylation sites is 1. The van der Waals surface area contributed by atoms with Crippen LogP contribution in [0.3, 0.4) is 0 Å². The van der Waals surface area contributed by atoms with E-state index in [1.54, 1.807) is 31.2 Å². The molecule has 0 aliphatic heterocycles. The molecule has 0 saturated carbocycles. The van der Waals surface area contributed by atoms with Gasteiger partial charge in [0.15, 0.2) is 0 Å². The van der Waals surface area contributed by atoms with Gasteiger partial charge in [0, 0.05) is 12.1 Å². The first kappa shape index (κ1) is 8.52. The molecule has 0 radical (unpaired) electrons. The summed E-state index contributed by atoms with van der Waals surface area (Å²) in [7, 11) is 0. The van der Waals surface area contributed by atoms with Crippen LogP contribution in [0.1, 0.15) is 6.92 Å².